The molecule has 0 spiro atoms. The van der Waals surface area contributed by atoms with Crippen LogP contribution in [-0.4, -0.2) is 49.3 Å². The van der Waals surface area contributed by atoms with Gasteiger partial charge in [0.05, 0.1) is 11.6 Å². The van der Waals surface area contributed by atoms with Crippen LogP contribution in [0.5, 0.6) is 0 Å². The van der Waals surface area contributed by atoms with Crippen LogP contribution in [0, 0.1) is 17.7 Å². The molecule has 2 N–H and O–H groups in total. The van der Waals surface area contributed by atoms with E-state index in [1.165, 1.54) is 6.07 Å². The highest BCUT2D eigenvalue weighted by molar-refractivity contribution is 5.80. The van der Waals surface area contributed by atoms with E-state index in [1.54, 1.807) is 6.07 Å². The third-order valence-electron chi connectivity index (χ3n) is 5.57. The second-order valence-electron chi connectivity index (χ2n) is 7.92. The van der Waals surface area contributed by atoms with Gasteiger partial charge in [-0.3, -0.25) is 15.0 Å². The van der Waals surface area contributed by atoms with Crippen LogP contribution in [0.1, 0.15) is 33.6 Å². The summed E-state index contributed by atoms with van der Waals surface area (Å²) in [6, 6.07) is 7.08. The Kier molecular flexibility index (Phi) is 6.14. The Balaban J connectivity index is 1.54. The number of rotatable bonds is 5. The molecule has 2 aliphatic rings. The van der Waals surface area contributed by atoms with E-state index in [-0.39, 0.29) is 30.0 Å². The highest BCUT2D eigenvalue weighted by Crippen LogP contribution is 2.23. The summed E-state index contributed by atoms with van der Waals surface area (Å²) in [6.45, 7) is 9.56. The first-order chi connectivity index (χ1) is 12.5. The molecular formula is C20H31FN4O. The van der Waals surface area contributed by atoms with Crippen molar-refractivity contribution in [1.29, 1.82) is 0 Å². The van der Waals surface area contributed by atoms with E-state index < -0.39 is 0 Å². The Morgan fingerprint density at radius 1 is 1.19 bits per heavy atom. The topological polar surface area (TPSA) is 47.6 Å². The number of hydrogen-bond acceptors (Lipinski definition) is 4. The fourth-order valence-corrected chi connectivity index (χ4v) is 3.90. The number of hydrogen-bond donors (Lipinski definition) is 2. The van der Waals surface area contributed by atoms with Crippen molar-refractivity contribution in [3.05, 3.63) is 30.1 Å². The van der Waals surface area contributed by atoms with Gasteiger partial charge in [-0.15, -0.1) is 0 Å². The Labute approximate surface area is 155 Å². The molecule has 3 rings (SSSR count). The van der Waals surface area contributed by atoms with E-state index in [2.05, 4.69) is 41.2 Å². The normalized spacial score (nSPS) is 27.7. The molecule has 0 radical (unpaired) electrons. The van der Waals surface area contributed by atoms with Crippen LogP contribution >= 0.6 is 0 Å². The minimum absolute atomic E-state index is 0.0355. The molecule has 0 bridgehead atoms. The second-order valence-corrected chi connectivity index (χ2v) is 7.92. The third-order valence-corrected chi connectivity index (χ3v) is 5.57. The van der Waals surface area contributed by atoms with Crippen molar-refractivity contribution < 1.29 is 9.18 Å². The van der Waals surface area contributed by atoms with E-state index in [4.69, 9.17) is 0 Å². The number of anilines is 1. The van der Waals surface area contributed by atoms with Gasteiger partial charge in [-0.1, -0.05) is 32.4 Å². The molecule has 2 saturated heterocycles. The lowest BCUT2D eigenvalue weighted by Crippen LogP contribution is -2.68. The Morgan fingerprint density at radius 2 is 1.88 bits per heavy atom. The van der Waals surface area contributed by atoms with Gasteiger partial charge >= 0.3 is 0 Å². The average molecular weight is 362 g/mol. The van der Waals surface area contributed by atoms with Gasteiger partial charge in [-0.25, -0.2) is 4.39 Å². The van der Waals surface area contributed by atoms with Gasteiger partial charge < -0.3 is 10.2 Å². The van der Waals surface area contributed by atoms with Gasteiger partial charge in [-0.05, 0) is 31.4 Å². The zero-order valence-electron chi connectivity index (χ0n) is 16.0. The summed E-state index contributed by atoms with van der Waals surface area (Å²) in [7, 11) is 0. The molecular weight excluding hydrogens is 331 g/mol. The van der Waals surface area contributed by atoms with Crippen LogP contribution in [-0.2, 0) is 4.79 Å². The summed E-state index contributed by atoms with van der Waals surface area (Å²) in [6.07, 6.45) is 1.86. The fraction of sp³-hybridized carbons (Fsp3) is 0.650. The summed E-state index contributed by atoms with van der Waals surface area (Å²) in [5, 5.41) is 6.70. The first-order valence-electron chi connectivity index (χ1n) is 9.75. The maximum Gasteiger partial charge on any atom is 0.226 e. The zero-order valence-corrected chi connectivity index (χ0v) is 16.0. The minimum atomic E-state index is -0.174. The van der Waals surface area contributed by atoms with Crippen molar-refractivity contribution in [2.45, 2.75) is 45.9 Å². The first-order valence-corrected chi connectivity index (χ1v) is 9.75. The predicted molar refractivity (Wildman–Crippen MR) is 102 cm³/mol. The van der Waals surface area contributed by atoms with Crippen LogP contribution < -0.4 is 15.5 Å². The minimum Gasteiger partial charge on any atom is -0.367 e. The number of carbonyl (C=O) groups is 1. The molecule has 3 atom stereocenters. The summed E-state index contributed by atoms with van der Waals surface area (Å²) in [5.74, 6) is 0.623. The van der Waals surface area contributed by atoms with Crippen LogP contribution in [0.2, 0.25) is 0 Å². The van der Waals surface area contributed by atoms with Crippen molar-refractivity contribution in [2.24, 2.45) is 11.8 Å². The van der Waals surface area contributed by atoms with Crippen molar-refractivity contribution in [3.63, 3.8) is 0 Å². The van der Waals surface area contributed by atoms with E-state index >= 15 is 0 Å². The molecule has 144 valence electrons. The number of piperazine rings is 1. The van der Waals surface area contributed by atoms with Gasteiger partial charge in [0.1, 0.15) is 12.1 Å². The molecule has 0 aliphatic carbocycles. The van der Waals surface area contributed by atoms with Gasteiger partial charge in [-0.2, -0.15) is 0 Å². The average Bonchev–Trinajstić information content (AvgIpc) is 2.61. The molecule has 6 heteroatoms. The quantitative estimate of drug-likeness (QED) is 0.844. The zero-order chi connectivity index (χ0) is 18.7. The van der Waals surface area contributed by atoms with E-state index in [0.29, 0.717) is 11.6 Å². The van der Waals surface area contributed by atoms with E-state index in [9.17, 15) is 9.18 Å². The number of carbonyl (C=O) groups excluding carboxylic acids is 1. The van der Waals surface area contributed by atoms with Crippen molar-refractivity contribution >= 4 is 11.6 Å². The molecule has 3 unspecified atom stereocenters. The maximum atomic E-state index is 14.0. The van der Waals surface area contributed by atoms with Crippen molar-refractivity contribution in [2.75, 3.05) is 31.1 Å². The van der Waals surface area contributed by atoms with E-state index in [0.717, 1.165) is 39.0 Å². The molecule has 2 heterocycles. The fourth-order valence-electron chi connectivity index (χ4n) is 3.90. The lowest BCUT2D eigenvalue weighted by Gasteiger charge is -2.45. The van der Waals surface area contributed by atoms with Gasteiger partial charge in [0.15, 0.2) is 0 Å². The van der Waals surface area contributed by atoms with Crippen LogP contribution in [0.3, 0.4) is 0 Å². The van der Waals surface area contributed by atoms with Gasteiger partial charge in [0.2, 0.25) is 5.91 Å². The van der Waals surface area contributed by atoms with Crippen molar-refractivity contribution in [1.82, 2.24) is 15.5 Å². The number of halogens is 1. The summed E-state index contributed by atoms with van der Waals surface area (Å²) in [4.78, 5) is 16.9. The number of benzene rings is 1. The largest absolute Gasteiger partial charge is 0.367 e. The number of nitrogens with one attached hydrogen (secondary N) is 2. The lowest BCUT2D eigenvalue weighted by atomic mass is 9.90. The smallest absolute Gasteiger partial charge is 0.226 e. The molecule has 1 aromatic rings. The molecule has 1 aromatic carbocycles. The first kappa shape index (κ1) is 19.1. The number of nitrogens with zero attached hydrogens (tertiary/aromatic N) is 2. The molecule has 2 aliphatic heterocycles. The van der Waals surface area contributed by atoms with E-state index in [1.807, 2.05) is 12.1 Å². The van der Waals surface area contributed by atoms with Gasteiger partial charge in [0, 0.05) is 32.2 Å². The molecule has 2 fully saturated rings. The molecule has 0 aromatic heterocycles. The van der Waals surface area contributed by atoms with Crippen LogP contribution in [0.25, 0.3) is 0 Å². The second kappa shape index (κ2) is 8.35. The summed E-state index contributed by atoms with van der Waals surface area (Å²) < 4.78 is 14.0. The van der Waals surface area contributed by atoms with Crippen LogP contribution in [0.15, 0.2) is 24.3 Å². The van der Waals surface area contributed by atoms with Gasteiger partial charge in [0.25, 0.3) is 0 Å². The standard InChI is InChI=1S/C20H31FN4O/c1-14(2)8-9-16-15(3)22-20(23-19(16)26)25-12-10-24(11-13-25)18-7-5-4-6-17(18)21/h4-7,14-16,20,22H,8-13H2,1-3H3,(H,23,26). The third kappa shape index (κ3) is 4.35. The maximum absolute atomic E-state index is 14.0. The monoisotopic (exact) mass is 362 g/mol. The highest BCUT2D eigenvalue weighted by atomic mass is 19.1. The van der Waals surface area contributed by atoms with Crippen molar-refractivity contribution in [3.8, 4) is 0 Å². The predicted octanol–water partition coefficient (Wildman–Crippen LogP) is 2.39. The summed E-state index contributed by atoms with van der Waals surface area (Å²) >= 11 is 0. The Hall–Kier alpha value is -1.66. The van der Waals surface area contributed by atoms with Crippen LogP contribution in [0.4, 0.5) is 10.1 Å². The lowest BCUT2D eigenvalue weighted by molar-refractivity contribution is -0.132. The molecule has 0 saturated carbocycles. The SMILES string of the molecule is CC(C)CCC1C(=O)NC(N2CCN(c3ccccc3F)CC2)NC1C. The Morgan fingerprint density at radius 3 is 2.50 bits per heavy atom. The Bertz CT molecular complexity index is 616. The molecule has 5 nitrogen and oxygen atoms in total. The number of para-hydroxylation sites is 1. The molecule has 26 heavy (non-hydrogen) atoms. The summed E-state index contributed by atoms with van der Waals surface area (Å²) in [5.41, 5.74) is 0.662. The molecule has 1 amide bonds. The highest BCUT2D eigenvalue weighted by Gasteiger charge is 2.36. The number of amides is 1.